The average molecular weight is 504 g/mol. The van der Waals surface area contributed by atoms with Gasteiger partial charge in [0.25, 0.3) is 0 Å². The molecule has 1 aromatic heterocycles. The Labute approximate surface area is 197 Å². The highest BCUT2D eigenvalue weighted by atomic mass is 79.9. The van der Waals surface area contributed by atoms with E-state index in [1.54, 1.807) is 18.3 Å². The lowest BCUT2D eigenvalue weighted by atomic mass is 10.1. The van der Waals surface area contributed by atoms with Gasteiger partial charge in [-0.1, -0.05) is 0 Å². The zero-order valence-electron chi connectivity index (χ0n) is 18.4. The van der Waals surface area contributed by atoms with Crippen LogP contribution >= 0.6 is 15.9 Å². The second-order valence-electron chi connectivity index (χ2n) is 8.01. The Morgan fingerprint density at radius 3 is 2.16 bits per heavy atom. The van der Waals surface area contributed by atoms with E-state index in [1.165, 1.54) is 12.8 Å². The molecule has 172 valence electrons. The monoisotopic (exact) mass is 503 g/mol. The Bertz CT molecular complexity index is 908. The fraction of sp³-hybridized carbons (Fsp3) is 0.545. The molecule has 0 saturated carbocycles. The first kappa shape index (κ1) is 22.6. The maximum atomic E-state index is 10.1. The molecule has 0 aliphatic carbocycles. The number of aromatic nitrogens is 3. The van der Waals surface area contributed by atoms with E-state index in [2.05, 4.69) is 46.2 Å². The van der Waals surface area contributed by atoms with Crippen LogP contribution in [0.1, 0.15) is 51.0 Å². The van der Waals surface area contributed by atoms with Gasteiger partial charge < -0.3 is 19.6 Å². The molecule has 0 atom stereocenters. The zero-order chi connectivity index (χ0) is 22.3. The summed E-state index contributed by atoms with van der Waals surface area (Å²) in [5, 5.41) is 14.4. The molecule has 0 radical (unpaired) electrons. The van der Waals surface area contributed by atoms with Gasteiger partial charge in [-0.25, -0.2) is 5.43 Å². The summed E-state index contributed by atoms with van der Waals surface area (Å²) < 4.78 is 6.03. The summed E-state index contributed by atoms with van der Waals surface area (Å²) in [4.78, 5) is 18.5. The van der Waals surface area contributed by atoms with Crippen molar-refractivity contribution >= 4 is 40.0 Å². The molecule has 32 heavy (non-hydrogen) atoms. The summed E-state index contributed by atoms with van der Waals surface area (Å²) in [6.07, 6.45) is 8.78. The van der Waals surface area contributed by atoms with Gasteiger partial charge in [-0.05, 0) is 79.1 Å². The number of phenols is 1. The normalized spacial score (nSPS) is 17.1. The molecule has 2 N–H and O–H groups in total. The van der Waals surface area contributed by atoms with Crippen LogP contribution in [0.5, 0.6) is 11.5 Å². The van der Waals surface area contributed by atoms with Gasteiger partial charge in [-0.15, -0.1) is 0 Å². The standard InChI is InChI=1S/C22H30BrN7O2/c1-2-32-18-14-16(13-17(23)19(18)31)15-24-28-20-25-21(29-9-5-3-6-10-29)27-22(26-20)30-11-7-4-8-12-30/h13-15,31H,2-12H2,1H3,(H,25,26,27,28)/b24-15+. The summed E-state index contributed by atoms with van der Waals surface area (Å²) in [7, 11) is 0. The Hall–Kier alpha value is -2.62. The number of aromatic hydroxyl groups is 1. The van der Waals surface area contributed by atoms with E-state index in [9.17, 15) is 5.11 Å². The minimum atomic E-state index is 0.0757. The molecule has 2 saturated heterocycles. The highest BCUT2D eigenvalue weighted by Gasteiger charge is 2.20. The third-order valence-corrected chi connectivity index (χ3v) is 6.22. The van der Waals surface area contributed by atoms with Crippen LogP contribution in [0, 0.1) is 0 Å². The molecule has 0 unspecified atom stereocenters. The third kappa shape index (κ3) is 5.59. The van der Waals surface area contributed by atoms with Gasteiger partial charge in [0.05, 0.1) is 17.3 Å². The summed E-state index contributed by atoms with van der Waals surface area (Å²) in [6.45, 7) is 6.20. The number of ether oxygens (including phenoxy) is 1. The summed E-state index contributed by atoms with van der Waals surface area (Å²) in [6, 6.07) is 3.51. The van der Waals surface area contributed by atoms with Crippen molar-refractivity contribution in [2.24, 2.45) is 5.10 Å². The minimum absolute atomic E-state index is 0.0757. The molecule has 0 bridgehead atoms. The van der Waals surface area contributed by atoms with Crippen molar-refractivity contribution in [3.05, 3.63) is 22.2 Å². The van der Waals surface area contributed by atoms with E-state index < -0.39 is 0 Å². The van der Waals surface area contributed by atoms with Gasteiger partial charge in [-0.2, -0.15) is 20.1 Å². The highest BCUT2D eigenvalue weighted by molar-refractivity contribution is 9.10. The van der Waals surface area contributed by atoms with E-state index >= 15 is 0 Å². The second kappa shape index (κ2) is 10.8. The van der Waals surface area contributed by atoms with Gasteiger partial charge in [0.15, 0.2) is 11.5 Å². The molecule has 2 fully saturated rings. The quantitative estimate of drug-likeness (QED) is 0.429. The van der Waals surface area contributed by atoms with Crippen molar-refractivity contribution in [2.75, 3.05) is 48.0 Å². The Morgan fingerprint density at radius 1 is 1.00 bits per heavy atom. The average Bonchev–Trinajstić information content (AvgIpc) is 2.83. The first-order valence-corrected chi connectivity index (χ1v) is 12.1. The first-order chi connectivity index (χ1) is 15.6. The van der Waals surface area contributed by atoms with Crippen molar-refractivity contribution in [1.82, 2.24) is 15.0 Å². The van der Waals surface area contributed by atoms with Gasteiger partial charge in [0.2, 0.25) is 17.8 Å². The third-order valence-electron chi connectivity index (χ3n) is 5.62. The van der Waals surface area contributed by atoms with Crippen molar-refractivity contribution in [2.45, 2.75) is 45.4 Å². The molecule has 4 rings (SSSR count). The number of nitrogens with one attached hydrogen (secondary N) is 1. The fourth-order valence-corrected chi connectivity index (χ4v) is 4.43. The lowest BCUT2D eigenvalue weighted by Gasteiger charge is -2.30. The van der Waals surface area contributed by atoms with Gasteiger partial charge in [0.1, 0.15) is 0 Å². The maximum absolute atomic E-state index is 10.1. The van der Waals surface area contributed by atoms with Crippen LogP contribution in [-0.2, 0) is 0 Å². The molecule has 0 spiro atoms. The zero-order valence-corrected chi connectivity index (χ0v) is 20.0. The molecular weight excluding hydrogens is 474 g/mol. The van der Waals surface area contributed by atoms with Crippen LogP contribution < -0.4 is 20.0 Å². The summed E-state index contributed by atoms with van der Waals surface area (Å²) >= 11 is 3.35. The van der Waals surface area contributed by atoms with Crippen LogP contribution in [0.15, 0.2) is 21.7 Å². The number of halogens is 1. The molecular formula is C22H30BrN7O2. The second-order valence-corrected chi connectivity index (χ2v) is 8.86. The lowest BCUT2D eigenvalue weighted by Crippen LogP contribution is -2.34. The van der Waals surface area contributed by atoms with Crippen molar-refractivity contribution in [3.8, 4) is 11.5 Å². The Balaban J connectivity index is 1.55. The van der Waals surface area contributed by atoms with Crippen LogP contribution in [0.25, 0.3) is 0 Å². The van der Waals surface area contributed by atoms with Gasteiger partial charge >= 0.3 is 0 Å². The van der Waals surface area contributed by atoms with Crippen LogP contribution in [0.2, 0.25) is 0 Å². The van der Waals surface area contributed by atoms with Gasteiger partial charge in [0, 0.05) is 26.2 Å². The molecule has 1 aromatic carbocycles. The Kier molecular flexibility index (Phi) is 7.62. The number of anilines is 3. The number of benzene rings is 1. The maximum Gasteiger partial charge on any atom is 0.250 e. The molecule has 9 nitrogen and oxygen atoms in total. The lowest BCUT2D eigenvalue weighted by molar-refractivity contribution is 0.317. The number of nitrogens with zero attached hydrogens (tertiary/aromatic N) is 6. The van der Waals surface area contributed by atoms with Crippen LogP contribution in [0.4, 0.5) is 17.8 Å². The number of piperidine rings is 2. The number of hydrogen-bond donors (Lipinski definition) is 2. The number of rotatable bonds is 7. The topological polar surface area (TPSA) is 99.0 Å². The van der Waals surface area contributed by atoms with Gasteiger partial charge in [-0.3, -0.25) is 0 Å². The number of hydrazone groups is 1. The van der Waals surface area contributed by atoms with E-state index in [4.69, 9.17) is 9.72 Å². The summed E-state index contributed by atoms with van der Waals surface area (Å²) in [5.41, 5.74) is 3.74. The van der Waals surface area contributed by atoms with Crippen LogP contribution in [-0.4, -0.2) is 59.1 Å². The largest absolute Gasteiger partial charge is 0.503 e. The molecule has 3 heterocycles. The minimum Gasteiger partial charge on any atom is -0.503 e. The first-order valence-electron chi connectivity index (χ1n) is 11.3. The number of hydrogen-bond acceptors (Lipinski definition) is 9. The highest BCUT2D eigenvalue weighted by Crippen LogP contribution is 2.35. The predicted molar refractivity (Wildman–Crippen MR) is 130 cm³/mol. The van der Waals surface area contributed by atoms with E-state index in [0.717, 1.165) is 57.4 Å². The molecule has 10 heteroatoms. The van der Waals surface area contributed by atoms with E-state index in [-0.39, 0.29) is 5.75 Å². The van der Waals surface area contributed by atoms with Crippen molar-refractivity contribution in [1.29, 1.82) is 0 Å². The van der Waals surface area contributed by atoms with E-state index in [0.29, 0.717) is 34.7 Å². The summed E-state index contributed by atoms with van der Waals surface area (Å²) in [5.74, 6) is 2.34. The fourth-order valence-electron chi connectivity index (χ4n) is 3.97. The van der Waals surface area contributed by atoms with Crippen molar-refractivity contribution in [3.63, 3.8) is 0 Å². The molecule has 2 aliphatic rings. The Morgan fingerprint density at radius 2 is 1.59 bits per heavy atom. The molecule has 2 aliphatic heterocycles. The SMILES string of the molecule is CCOc1cc(/C=N/Nc2nc(N3CCCCC3)nc(N3CCCCC3)n2)cc(Br)c1O. The smallest absolute Gasteiger partial charge is 0.250 e. The number of phenolic OH excluding ortho intramolecular Hbond substituents is 1. The molecule has 2 aromatic rings. The van der Waals surface area contributed by atoms with Crippen LogP contribution in [0.3, 0.4) is 0 Å². The van der Waals surface area contributed by atoms with E-state index in [1.807, 2.05) is 6.92 Å². The van der Waals surface area contributed by atoms with Crippen molar-refractivity contribution < 1.29 is 9.84 Å². The predicted octanol–water partition coefficient (Wildman–Crippen LogP) is 4.17. The molecule has 0 amide bonds.